The average Bonchev–Trinajstić information content (AvgIpc) is 2.53. The number of carbonyl (C=O) groups is 2. The number of aliphatic hydroxyl groups excluding tert-OH is 1. The summed E-state index contributed by atoms with van der Waals surface area (Å²) in [6, 6.07) is 2.88. The van der Waals surface area contributed by atoms with Gasteiger partial charge in [-0.3, -0.25) is 4.55 Å². The molecule has 134 valence electrons. The van der Waals surface area contributed by atoms with Crippen LogP contribution in [0.3, 0.4) is 0 Å². The molecule has 0 saturated heterocycles. The van der Waals surface area contributed by atoms with Crippen molar-refractivity contribution in [2.75, 3.05) is 33.0 Å². The topological polar surface area (TPSA) is 136 Å². The molecule has 0 aliphatic heterocycles. The van der Waals surface area contributed by atoms with Crippen LogP contribution >= 0.6 is 0 Å². The van der Waals surface area contributed by atoms with Gasteiger partial charge in [0.25, 0.3) is 10.1 Å². The van der Waals surface area contributed by atoms with Crippen molar-refractivity contribution in [2.45, 2.75) is 11.8 Å². The quantitative estimate of drug-likeness (QED) is 0.360. The number of carbonyl (C=O) groups excluding carboxylic acids is 2. The standard InChI is InChI=1S/C14H18O9S/c1-2-22-13(16)10-7-11(9-12(8-10)24(18,19)20)14(17)23-6-5-21-4-3-15/h7-9,15H,2-6H2,1H3,(H,18,19,20). The first-order chi connectivity index (χ1) is 11.3. The molecule has 0 aliphatic rings. The minimum Gasteiger partial charge on any atom is -0.462 e. The zero-order valence-corrected chi connectivity index (χ0v) is 13.7. The van der Waals surface area contributed by atoms with Crippen LogP contribution in [0, 0.1) is 0 Å². The Balaban J connectivity index is 2.98. The van der Waals surface area contributed by atoms with Crippen LogP contribution in [0.25, 0.3) is 0 Å². The van der Waals surface area contributed by atoms with Gasteiger partial charge in [0.1, 0.15) is 6.61 Å². The van der Waals surface area contributed by atoms with E-state index in [1.54, 1.807) is 6.92 Å². The fourth-order valence-electron chi connectivity index (χ4n) is 1.64. The van der Waals surface area contributed by atoms with Crippen LogP contribution in [-0.4, -0.2) is 63.1 Å². The summed E-state index contributed by atoms with van der Waals surface area (Å²) >= 11 is 0. The number of aliphatic hydroxyl groups is 1. The van der Waals surface area contributed by atoms with Gasteiger partial charge in [-0.15, -0.1) is 0 Å². The highest BCUT2D eigenvalue weighted by molar-refractivity contribution is 7.85. The lowest BCUT2D eigenvalue weighted by Gasteiger charge is -2.09. The largest absolute Gasteiger partial charge is 0.462 e. The number of hydrogen-bond donors (Lipinski definition) is 2. The summed E-state index contributed by atoms with van der Waals surface area (Å²) in [5, 5.41) is 8.53. The van der Waals surface area contributed by atoms with Crippen molar-refractivity contribution in [1.29, 1.82) is 0 Å². The number of benzene rings is 1. The summed E-state index contributed by atoms with van der Waals surface area (Å²) in [4.78, 5) is 23.0. The van der Waals surface area contributed by atoms with Crippen molar-refractivity contribution >= 4 is 22.1 Å². The van der Waals surface area contributed by atoms with Crippen LogP contribution in [0.5, 0.6) is 0 Å². The molecule has 0 bridgehead atoms. The Morgan fingerprint density at radius 2 is 1.58 bits per heavy atom. The number of ether oxygens (including phenoxy) is 3. The van der Waals surface area contributed by atoms with Crippen molar-refractivity contribution in [3.8, 4) is 0 Å². The fourth-order valence-corrected chi connectivity index (χ4v) is 2.19. The maximum absolute atomic E-state index is 11.9. The second-order valence-corrected chi connectivity index (χ2v) is 5.84. The van der Waals surface area contributed by atoms with E-state index >= 15 is 0 Å². The van der Waals surface area contributed by atoms with Gasteiger partial charge in [0, 0.05) is 0 Å². The van der Waals surface area contributed by atoms with Gasteiger partial charge in [-0.1, -0.05) is 0 Å². The highest BCUT2D eigenvalue weighted by Crippen LogP contribution is 2.17. The lowest BCUT2D eigenvalue weighted by molar-refractivity contribution is 0.0258. The first kappa shape index (κ1) is 20.0. The predicted molar refractivity (Wildman–Crippen MR) is 80.4 cm³/mol. The first-order valence-corrected chi connectivity index (χ1v) is 8.39. The lowest BCUT2D eigenvalue weighted by atomic mass is 10.1. The van der Waals surface area contributed by atoms with Crippen LogP contribution in [0.1, 0.15) is 27.6 Å². The van der Waals surface area contributed by atoms with Crippen LogP contribution in [-0.2, 0) is 24.3 Å². The van der Waals surface area contributed by atoms with Crippen molar-refractivity contribution in [3.63, 3.8) is 0 Å². The molecule has 0 saturated carbocycles. The molecule has 0 heterocycles. The Labute approximate surface area is 138 Å². The van der Waals surface area contributed by atoms with E-state index in [0.29, 0.717) is 0 Å². The molecule has 0 unspecified atom stereocenters. The van der Waals surface area contributed by atoms with E-state index in [9.17, 15) is 18.0 Å². The highest BCUT2D eigenvalue weighted by atomic mass is 32.2. The molecular formula is C14H18O9S. The van der Waals surface area contributed by atoms with Crippen molar-refractivity contribution in [3.05, 3.63) is 29.3 Å². The Kier molecular flexibility index (Phi) is 7.79. The van der Waals surface area contributed by atoms with E-state index in [4.69, 9.17) is 23.9 Å². The summed E-state index contributed by atoms with van der Waals surface area (Å²) in [7, 11) is -4.63. The third kappa shape index (κ3) is 6.24. The van der Waals surface area contributed by atoms with Gasteiger partial charge in [-0.25, -0.2) is 9.59 Å². The zero-order chi connectivity index (χ0) is 18.2. The van der Waals surface area contributed by atoms with Gasteiger partial charge < -0.3 is 19.3 Å². The molecule has 2 N–H and O–H groups in total. The van der Waals surface area contributed by atoms with Gasteiger partial charge in [-0.2, -0.15) is 8.42 Å². The molecule has 0 atom stereocenters. The Morgan fingerprint density at radius 1 is 1.00 bits per heavy atom. The van der Waals surface area contributed by atoms with Gasteiger partial charge in [0.05, 0.1) is 42.4 Å². The zero-order valence-electron chi connectivity index (χ0n) is 12.9. The SMILES string of the molecule is CCOC(=O)c1cc(C(=O)OCCOCCO)cc(S(=O)(=O)O)c1. The molecule has 1 aromatic carbocycles. The van der Waals surface area contributed by atoms with Crippen molar-refractivity contribution in [1.82, 2.24) is 0 Å². The minimum absolute atomic E-state index is 0.0367. The smallest absolute Gasteiger partial charge is 0.338 e. The summed E-state index contributed by atoms with van der Waals surface area (Å²) in [5.74, 6) is -1.75. The second kappa shape index (κ2) is 9.33. The van der Waals surface area contributed by atoms with E-state index in [1.165, 1.54) is 0 Å². The number of rotatable bonds is 9. The normalized spacial score (nSPS) is 11.1. The predicted octanol–water partition coefficient (Wildman–Crippen LogP) is 0.276. The monoisotopic (exact) mass is 362 g/mol. The Morgan fingerprint density at radius 3 is 2.08 bits per heavy atom. The molecule has 0 amide bonds. The molecule has 9 nitrogen and oxygen atoms in total. The number of hydrogen-bond acceptors (Lipinski definition) is 8. The lowest BCUT2D eigenvalue weighted by Crippen LogP contribution is -2.14. The van der Waals surface area contributed by atoms with E-state index in [2.05, 4.69) is 0 Å². The van der Waals surface area contributed by atoms with Crippen LogP contribution in [0.4, 0.5) is 0 Å². The van der Waals surface area contributed by atoms with Crippen LogP contribution in [0.15, 0.2) is 23.1 Å². The fraction of sp³-hybridized carbons (Fsp3) is 0.429. The Hall–Kier alpha value is -2.01. The van der Waals surface area contributed by atoms with Crippen molar-refractivity contribution < 1.29 is 41.9 Å². The Bertz CT molecular complexity index is 681. The van der Waals surface area contributed by atoms with Crippen molar-refractivity contribution in [2.24, 2.45) is 0 Å². The molecule has 24 heavy (non-hydrogen) atoms. The molecule has 1 rings (SSSR count). The maximum atomic E-state index is 11.9. The molecule has 0 aromatic heterocycles. The molecule has 0 radical (unpaired) electrons. The van der Waals surface area contributed by atoms with E-state index < -0.39 is 27.0 Å². The third-order valence-electron chi connectivity index (χ3n) is 2.65. The molecule has 0 spiro atoms. The van der Waals surface area contributed by atoms with Gasteiger partial charge in [0.2, 0.25) is 0 Å². The van der Waals surface area contributed by atoms with E-state index in [-0.39, 0.29) is 44.2 Å². The van der Waals surface area contributed by atoms with Gasteiger partial charge in [-0.05, 0) is 25.1 Å². The number of esters is 2. The third-order valence-corrected chi connectivity index (χ3v) is 3.48. The molecule has 10 heteroatoms. The average molecular weight is 362 g/mol. The van der Waals surface area contributed by atoms with E-state index in [0.717, 1.165) is 18.2 Å². The summed E-state index contributed by atoms with van der Waals surface area (Å²) in [6.07, 6.45) is 0. The summed E-state index contributed by atoms with van der Waals surface area (Å²) in [5.41, 5.74) is -0.453. The first-order valence-electron chi connectivity index (χ1n) is 6.95. The minimum atomic E-state index is -4.63. The van der Waals surface area contributed by atoms with Crippen LogP contribution < -0.4 is 0 Å². The molecule has 0 fully saturated rings. The molecule has 1 aromatic rings. The van der Waals surface area contributed by atoms with E-state index in [1.807, 2.05) is 0 Å². The highest BCUT2D eigenvalue weighted by Gasteiger charge is 2.20. The maximum Gasteiger partial charge on any atom is 0.338 e. The summed E-state index contributed by atoms with van der Waals surface area (Å²) < 4.78 is 46.2. The van der Waals surface area contributed by atoms with Crippen LogP contribution in [0.2, 0.25) is 0 Å². The molecule has 0 aliphatic carbocycles. The molecular weight excluding hydrogens is 344 g/mol. The summed E-state index contributed by atoms with van der Waals surface area (Å²) in [6.45, 7) is 1.43. The second-order valence-electron chi connectivity index (χ2n) is 4.41. The van der Waals surface area contributed by atoms with Gasteiger partial charge >= 0.3 is 11.9 Å². The van der Waals surface area contributed by atoms with Gasteiger partial charge in [0.15, 0.2) is 0 Å².